The van der Waals surface area contributed by atoms with Gasteiger partial charge in [-0.3, -0.25) is 4.79 Å². The van der Waals surface area contributed by atoms with E-state index in [0.29, 0.717) is 0 Å². The van der Waals surface area contributed by atoms with Gasteiger partial charge in [-0.2, -0.15) is 0 Å². The van der Waals surface area contributed by atoms with E-state index in [2.05, 4.69) is 25.2 Å². The van der Waals surface area contributed by atoms with Gasteiger partial charge >= 0.3 is 5.97 Å². The van der Waals surface area contributed by atoms with Crippen molar-refractivity contribution in [2.75, 3.05) is 0 Å². The Hall–Kier alpha value is -0.790. The van der Waals surface area contributed by atoms with Gasteiger partial charge in [-0.15, -0.1) is 0 Å². The molecule has 0 N–H and O–H groups in total. The van der Waals surface area contributed by atoms with E-state index in [-0.39, 0.29) is 5.97 Å². The van der Waals surface area contributed by atoms with Crippen molar-refractivity contribution < 1.29 is 9.53 Å². The third kappa shape index (κ3) is 34.7. The fourth-order valence-electron chi connectivity index (χ4n) is 3.80. The summed E-state index contributed by atoms with van der Waals surface area (Å²) in [6.07, 6.45) is 33.5. The molecule has 0 bridgehead atoms. The van der Waals surface area contributed by atoms with Crippen LogP contribution in [0.4, 0.5) is 0 Å². The zero-order valence-corrected chi connectivity index (χ0v) is 21.2. The number of hydrogen-bond donors (Lipinski definition) is 0. The van der Waals surface area contributed by atoms with Crippen molar-refractivity contribution in [2.45, 2.75) is 162 Å². The molecule has 0 amide bonds. The van der Waals surface area contributed by atoms with Gasteiger partial charge in [-0.25, -0.2) is 0 Å². The van der Waals surface area contributed by atoms with Gasteiger partial charge in [-0.1, -0.05) is 162 Å². The Labute approximate surface area is 190 Å². The Kier molecular flexibility index (Phi) is 31.8. The first-order valence-electron chi connectivity index (χ1n) is 13.5. The van der Waals surface area contributed by atoms with Gasteiger partial charge in [0.05, 0.1) is 6.26 Å². The largest absolute Gasteiger partial charge is 0.435 e. The van der Waals surface area contributed by atoms with Crippen molar-refractivity contribution in [1.29, 1.82) is 0 Å². The van der Waals surface area contributed by atoms with Gasteiger partial charge in [0.25, 0.3) is 0 Å². The van der Waals surface area contributed by atoms with E-state index in [1.807, 2.05) is 0 Å². The number of rotatable bonds is 22. The molecule has 2 heteroatoms. The summed E-state index contributed by atoms with van der Waals surface area (Å²) in [5, 5.41) is 0. The molecule has 0 aliphatic carbocycles. The zero-order chi connectivity index (χ0) is 22.5. The number of carbonyl (C=O) groups excluding carboxylic acids is 1. The number of esters is 1. The van der Waals surface area contributed by atoms with Gasteiger partial charge in [0.1, 0.15) is 0 Å². The van der Waals surface area contributed by atoms with Gasteiger partial charge in [0.15, 0.2) is 0 Å². The maximum absolute atomic E-state index is 9.75. The lowest BCUT2D eigenvalue weighted by Crippen LogP contribution is -1.87. The molecule has 0 aromatic carbocycles. The lowest BCUT2D eigenvalue weighted by molar-refractivity contribution is -0.135. The molecule has 0 fully saturated rings. The van der Waals surface area contributed by atoms with Crippen LogP contribution in [0.5, 0.6) is 0 Å². The first kappa shape index (κ1) is 31.4. The number of hydrogen-bond acceptors (Lipinski definition) is 2. The molecule has 0 atom stereocenters. The van der Waals surface area contributed by atoms with Crippen LogP contribution in [0, 0.1) is 0 Å². The minimum Gasteiger partial charge on any atom is -0.435 e. The molecule has 0 spiro atoms. The Morgan fingerprint density at radius 3 is 0.833 bits per heavy atom. The summed E-state index contributed by atoms with van der Waals surface area (Å²) in [7, 11) is 0. The van der Waals surface area contributed by atoms with Crippen LogP contribution in [0.15, 0.2) is 12.8 Å². The highest BCUT2D eigenvalue weighted by atomic mass is 16.5. The third-order valence-electron chi connectivity index (χ3n) is 5.71. The molecule has 2 nitrogen and oxygen atoms in total. The van der Waals surface area contributed by atoms with Gasteiger partial charge in [-0.05, 0) is 0 Å². The second kappa shape index (κ2) is 30.4. The summed E-state index contributed by atoms with van der Waals surface area (Å²) < 4.78 is 4.17. The molecule has 0 unspecified atom stereocenters. The number of ether oxygens (including phenoxy) is 1. The molecule has 0 aromatic rings. The normalized spacial score (nSPS) is 10.4. The van der Waals surface area contributed by atoms with Crippen molar-refractivity contribution >= 4 is 5.97 Å². The van der Waals surface area contributed by atoms with Crippen molar-refractivity contribution in [1.82, 2.24) is 0 Å². The van der Waals surface area contributed by atoms with Crippen LogP contribution in [-0.2, 0) is 9.53 Å². The number of unbranched alkanes of at least 4 members (excludes halogenated alkanes) is 21. The van der Waals surface area contributed by atoms with Crippen LogP contribution in [0.2, 0.25) is 0 Å². The van der Waals surface area contributed by atoms with E-state index < -0.39 is 0 Å². The van der Waals surface area contributed by atoms with Crippen LogP contribution in [0.1, 0.15) is 162 Å². The van der Waals surface area contributed by atoms with E-state index in [1.54, 1.807) is 0 Å². The summed E-state index contributed by atoms with van der Waals surface area (Å²) in [6.45, 7) is 9.08. The van der Waals surface area contributed by atoms with Crippen LogP contribution in [0.25, 0.3) is 0 Å². The van der Waals surface area contributed by atoms with Crippen molar-refractivity contribution in [2.24, 2.45) is 0 Å². The lowest BCUT2D eigenvalue weighted by Gasteiger charge is -2.04. The average Bonchev–Trinajstić information content (AvgIpc) is 2.73. The van der Waals surface area contributed by atoms with Crippen LogP contribution in [-0.4, -0.2) is 5.97 Å². The molecule has 0 radical (unpaired) electrons. The lowest BCUT2D eigenvalue weighted by atomic mass is 10.0. The molecule has 0 aliphatic heterocycles. The minimum absolute atomic E-state index is 0.329. The Morgan fingerprint density at radius 1 is 0.533 bits per heavy atom. The monoisotopic (exact) mass is 424 g/mol. The summed E-state index contributed by atoms with van der Waals surface area (Å²) in [5.41, 5.74) is 0. The van der Waals surface area contributed by atoms with E-state index in [4.69, 9.17) is 0 Å². The highest BCUT2D eigenvalue weighted by Crippen LogP contribution is 2.15. The van der Waals surface area contributed by atoms with Gasteiger partial charge in [0.2, 0.25) is 0 Å². The maximum Gasteiger partial charge on any atom is 0.307 e. The van der Waals surface area contributed by atoms with E-state index in [1.165, 1.54) is 148 Å². The highest BCUT2D eigenvalue weighted by molar-refractivity contribution is 5.66. The van der Waals surface area contributed by atoms with Crippen LogP contribution >= 0.6 is 0 Å². The smallest absolute Gasteiger partial charge is 0.307 e. The molecule has 0 aromatic heterocycles. The summed E-state index contributed by atoms with van der Waals surface area (Å²) >= 11 is 0. The first-order chi connectivity index (χ1) is 14.7. The second-order valence-electron chi connectivity index (χ2n) is 8.85. The van der Waals surface area contributed by atoms with Gasteiger partial charge < -0.3 is 4.74 Å². The SMILES string of the molecule is C=COC(C)=O.CCCCCCCCCCCCCCCCCCCCCCCC. The Bertz CT molecular complexity index is 303. The minimum atomic E-state index is -0.329. The predicted octanol–water partition coefficient (Wildman–Crippen LogP) is 10.3. The van der Waals surface area contributed by atoms with Crippen LogP contribution in [0.3, 0.4) is 0 Å². The summed E-state index contributed by atoms with van der Waals surface area (Å²) in [4.78, 5) is 9.75. The molecule has 180 valence electrons. The van der Waals surface area contributed by atoms with Gasteiger partial charge in [0, 0.05) is 6.92 Å². The average molecular weight is 425 g/mol. The number of carbonyl (C=O) groups is 1. The van der Waals surface area contributed by atoms with Crippen LogP contribution < -0.4 is 0 Å². The zero-order valence-electron chi connectivity index (χ0n) is 21.2. The van der Waals surface area contributed by atoms with Crippen molar-refractivity contribution in [3.05, 3.63) is 12.8 Å². The van der Waals surface area contributed by atoms with Crippen molar-refractivity contribution in [3.63, 3.8) is 0 Å². The molecule has 0 saturated carbocycles. The Morgan fingerprint density at radius 2 is 0.733 bits per heavy atom. The quantitative estimate of drug-likeness (QED) is 0.0981. The molecular formula is C28H56O2. The molecule has 0 rings (SSSR count). The Balaban J connectivity index is 0. The molecule has 30 heavy (non-hydrogen) atoms. The van der Waals surface area contributed by atoms with E-state index >= 15 is 0 Å². The molecule has 0 heterocycles. The molecule has 0 saturated heterocycles. The fourth-order valence-corrected chi connectivity index (χ4v) is 3.80. The second-order valence-corrected chi connectivity index (χ2v) is 8.85. The predicted molar refractivity (Wildman–Crippen MR) is 135 cm³/mol. The molecule has 0 aliphatic rings. The summed E-state index contributed by atoms with van der Waals surface area (Å²) in [6, 6.07) is 0. The fraction of sp³-hybridized carbons (Fsp3) is 0.893. The van der Waals surface area contributed by atoms with E-state index in [9.17, 15) is 4.79 Å². The van der Waals surface area contributed by atoms with Crippen molar-refractivity contribution in [3.8, 4) is 0 Å². The standard InChI is InChI=1S/C24H50.C4H6O2/c1-3-5-7-9-11-13-15-17-19-21-23-24-22-20-18-16-14-12-10-8-6-4-2;1-3-6-4(2)5/h3-24H2,1-2H3;3H,1H2,2H3. The topological polar surface area (TPSA) is 26.3 Å². The molecular weight excluding hydrogens is 368 g/mol. The van der Waals surface area contributed by atoms with E-state index in [0.717, 1.165) is 6.26 Å². The third-order valence-corrected chi connectivity index (χ3v) is 5.71. The highest BCUT2D eigenvalue weighted by Gasteiger charge is 1.95. The maximum atomic E-state index is 9.75. The summed E-state index contributed by atoms with van der Waals surface area (Å²) in [5.74, 6) is -0.329. The first-order valence-corrected chi connectivity index (χ1v) is 13.5.